The number of carbonyl (C=O) groups excluding carboxylic acids is 1. The van der Waals surface area contributed by atoms with Crippen molar-refractivity contribution in [3.05, 3.63) is 94.2 Å². The van der Waals surface area contributed by atoms with E-state index in [1.165, 1.54) is 5.56 Å². The van der Waals surface area contributed by atoms with Crippen molar-refractivity contribution in [3.8, 4) is 0 Å². The summed E-state index contributed by atoms with van der Waals surface area (Å²) in [7, 11) is 1.79. The molecule has 0 aliphatic rings. The molecular weight excluding hydrogens is 390 g/mol. The Kier molecular flexibility index (Phi) is 6.02. The van der Waals surface area contributed by atoms with Gasteiger partial charge in [0.25, 0.3) is 0 Å². The number of amides is 1. The van der Waals surface area contributed by atoms with E-state index >= 15 is 0 Å². The molecule has 3 rings (SSSR count). The lowest BCUT2D eigenvalue weighted by molar-refractivity contribution is -0.125. The standard InChI is InChI=1S/C21H20BrN3O/c1-24(21(26)11-10-17-8-5-9-20(22)12-17)14-19-13-23-25(16-19)15-18-6-3-2-4-7-18/h2-13,16H,14-15H2,1H3. The molecule has 0 radical (unpaired) electrons. The van der Waals surface area contributed by atoms with Gasteiger partial charge in [0.1, 0.15) is 0 Å². The van der Waals surface area contributed by atoms with Crippen molar-refractivity contribution < 1.29 is 4.79 Å². The first-order valence-electron chi connectivity index (χ1n) is 8.34. The smallest absolute Gasteiger partial charge is 0.246 e. The van der Waals surface area contributed by atoms with Gasteiger partial charge in [-0.1, -0.05) is 58.4 Å². The maximum absolute atomic E-state index is 12.3. The minimum absolute atomic E-state index is 0.0409. The minimum Gasteiger partial charge on any atom is -0.338 e. The predicted octanol–water partition coefficient (Wildman–Crippen LogP) is 4.37. The van der Waals surface area contributed by atoms with Crippen LogP contribution in [0.5, 0.6) is 0 Å². The van der Waals surface area contributed by atoms with Crippen molar-refractivity contribution in [2.45, 2.75) is 13.1 Å². The van der Waals surface area contributed by atoms with Crippen LogP contribution in [0.1, 0.15) is 16.7 Å². The van der Waals surface area contributed by atoms with Crippen LogP contribution in [0.2, 0.25) is 0 Å². The van der Waals surface area contributed by atoms with Crippen molar-refractivity contribution in [1.29, 1.82) is 0 Å². The fourth-order valence-corrected chi connectivity index (χ4v) is 3.02. The van der Waals surface area contributed by atoms with E-state index in [1.54, 1.807) is 18.0 Å². The van der Waals surface area contributed by atoms with Crippen LogP contribution >= 0.6 is 15.9 Å². The Hall–Kier alpha value is -2.66. The molecule has 0 saturated carbocycles. The second kappa shape index (κ2) is 8.63. The molecule has 3 aromatic rings. The monoisotopic (exact) mass is 409 g/mol. The molecule has 26 heavy (non-hydrogen) atoms. The van der Waals surface area contributed by atoms with Gasteiger partial charge in [-0.15, -0.1) is 0 Å². The molecule has 2 aromatic carbocycles. The molecule has 132 valence electrons. The van der Waals surface area contributed by atoms with E-state index in [0.29, 0.717) is 6.54 Å². The van der Waals surface area contributed by atoms with E-state index < -0.39 is 0 Å². The molecule has 1 heterocycles. The quantitative estimate of drug-likeness (QED) is 0.567. The summed E-state index contributed by atoms with van der Waals surface area (Å²) in [5, 5.41) is 4.38. The third-order valence-corrected chi connectivity index (χ3v) is 4.43. The van der Waals surface area contributed by atoms with Crippen LogP contribution in [0.4, 0.5) is 0 Å². The van der Waals surface area contributed by atoms with Gasteiger partial charge in [0, 0.05) is 35.9 Å². The number of aromatic nitrogens is 2. The summed E-state index contributed by atoms with van der Waals surface area (Å²) in [5.41, 5.74) is 3.19. The fourth-order valence-electron chi connectivity index (χ4n) is 2.60. The zero-order valence-corrected chi connectivity index (χ0v) is 16.1. The molecule has 0 saturated heterocycles. The lowest BCUT2D eigenvalue weighted by atomic mass is 10.2. The molecule has 0 unspecified atom stereocenters. The van der Waals surface area contributed by atoms with Gasteiger partial charge in [-0.25, -0.2) is 0 Å². The second-order valence-corrected chi connectivity index (χ2v) is 7.03. The van der Waals surface area contributed by atoms with Gasteiger partial charge in [0.05, 0.1) is 12.7 Å². The SMILES string of the molecule is CN(Cc1cnn(Cc2ccccc2)c1)C(=O)C=Cc1cccc(Br)c1. The Bertz CT molecular complexity index is 902. The summed E-state index contributed by atoms with van der Waals surface area (Å²) >= 11 is 3.43. The Balaban J connectivity index is 1.57. The number of rotatable bonds is 6. The van der Waals surface area contributed by atoms with Gasteiger partial charge >= 0.3 is 0 Å². The average Bonchev–Trinajstić information content (AvgIpc) is 3.07. The number of hydrogen-bond acceptors (Lipinski definition) is 2. The predicted molar refractivity (Wildman–Crippen MR) is 107 cm³/mol. The van der Waals surface area contributed by atoms with Gasteiger partial charge in [-0.3, -0.25) is 9.48 Å². The van der Waals surface area contributed by atoms with Crippen LogP contribution in [0, 0.1) is 0 Å². The Morgan fingerprint density at radius 3 is 2.73 bits per heavy atom. The van der Waals surface area contributed by atoms with Gasteiger partial charge in [-0.2, -0.15) is 5.10 Å². The molecule has 0 N–H and O–H groups in total. The Morgan fingerprint density at radius 2 is 1.96 bits per heavy atom. The zero-order chi connectivity index (χ0) is 18.4. The van der Waals surface area contributed by atoms with E-state index in [9.17, 15) is 4.79 Å². The van der Waals surface area contributed by atoms with Crippen LogP contribution in [0.3, 0.4) is 0 Å². The molecule has 4 nitrogen and oxygen atoms in total. The molecule has 0 bridgehead atoms. The first kappa shape index (κ1) is 18.1. The van der Waals surface area contributed by atoms with E-state index in [0.717, 1.165) is 22.1 Å². The largest absolute Gasteiger partial charge is 0.338 e. The maximum atomic E-state index is 12.3. The van der Waals surface area contributed by atoms with Crippen LogP contribution < -0.4 is 0 Å². The molecule has 1 aromatic heterocycles. The maximum Gasteiger partial charge on any atom is 0.246 e. The highest BCUT2D eigenvalue weighted by atomic mass is 79.9. The van der Waals surface area contributed by atoms with Gasteiger partial charge in [0.15, 0.2) is 0 Å². The molecule has 0 atom stereocenters. The molecule has 5 heteroatoms. The summed E-state index contributed by atoms with van der Waals surface area (Å²) in [6, 6.07) is 18.0. The van der Waals surface area contributed by atoms with Crippen LogP contribution in [-0.2, 0) is 17.9 Å². The van der Waals surface area contributed by atoms with Crippen molar-refractivity contribution in [1.82, 2.24) is 14.7 Å². The summed E-state index contributed by atoms with van der Waals surface area (Å²) in [5.74, 6) is -0.0409. The number of nitrogens with zero attached hydrogens (tertiary/aromatic N) is 3. The Labute approximate surface area is 161 Å². The number of halogens is 1. The third-order valence-electron chi connectivity index (χ3n) is 3.94. The molecular formula is C21H20BrN3O. The van der Waals surface area contributed by atoms with E-state index in [-0.39, 0.29) is 5.91 Å². The summed E-state index contributed by atoms with van der Waals surface area (Å²) in [4.78, 5) is 14.0. The Morgan fingerprint density at radius 1 is 1.15 bits per heavy atom. The van der Waals surface area contributed by atoms with Crippen LogP contribution in [0.15, 0.2) is 77.5 Å². The van der Waals surface area contributed by atoms with E-state index in [2.05, 4.69) is 33.2 Å². The average molecular weight is 410 g/mol. The second-order valence-electron chi connectivity index (χ2n) is 6.11. The highest BCUT2D eigenvalue weighted by Crippen LogP contribution is 2.13. The number of carbonyl (C=O) groups is 1. The minimum atomic E-state index is -0.0409. The highest BCUT2D eigenvalue weighted by Gasteiger charge is 2.08. The number of likely N-dealkylation sites (N-methyl/N-ethyl adjacent to an activating group) is 1. The van der Waals surface area contributed by atoms with Crippen LogP contribution in [-0.4, -0.2) is 27.6 Å². The van der Waals surface area contributed by atoms with Crippen LogP contribution in [0.25, 0.3) is 6.08 Å². The topological polar surface area (TPSA) is 38.1 Å². The number of benzene rings is 2. The summed E-state index contributed by atoms with van der Waals surface area (Å²) < 4.78 is 2.88. The van der Waals surface area contributed by atoms with Crippen molar-refractivity contribution in [3.63, 3.8) is 0 Å². The van der Waals surface area contributed by atoms with Crippen molar-refractivity contribution in [2.24, 2.45) is 0 Å². The molecule has 0 aliphatic heterocycles. The van der Waals surface area contributed by atoms with Gasteiger partial charge in [0.2, 0.25) is 5.91 Å². The first-order valence-corrected chi connectivity index (χ1v) is 9.13. The number of hydrogen-bond donors (Lipinski definition) is 0. The lowest BCUT2D eigenvalue weighted by Crippen LogP contribution is -2.23. The third kappa shape index (κ3) is 5.17. The van der Waals surface area contributed by atoms with Crippen molar-refractivity contribution >= 4 is 27.9 Å². The van der Waals surface area contributed by atoms with E-state index in [1.807, 2.05) is 65.6 Å². The first-order chi connectivity index (χ1) is 12.6. The summed E-state index contributed by atoms with van der Waals surface area (Å²) in [6.07, 6.45) is 7.21. The van der Waals surface area contributed by atoms with Gasteiger partial charge in [-0.05, 0) is 29.3 Å². The normalized spacial score (nSPS) is 11.0. The zero-order valence-electron chi connectivity index (χ0n) is 14.5. The van der Waals surface area contributed by atoms with Crippen molar-refractivity contribution in [2.75, 3.05) is 7.05 Å². The lowest BCUT2D eigenvalue weighted by Gasteiger charge is -2.13. The van der Waals surface area contributed by atoms with Gasteiger partial charge < -0.3 is 4.90 Å². The fraction of sp³-hybridized carbons (Fsp3) is 0.143. The highest BCUT2D eigenvalue weighted by molar-refractivity contribution is 9.10. The molecule has 1 amide bonds. The molecule has 0 fully saturated rings. The summed E-state index contributed by atoms with van der Waals surface area (Å²) in [6.45, 7) is 1.25. The molecule has 0 aliphatic carbocycles. The molecule has 0 spiro atoms. The van der Waals surface area contributed by atoms with E-state index in [4.69, 9.17) is 0 Å².